The predicted octanol–water partition coefficient (Wildman–Crippen LogP) is 5.19. The molecule has 4 aliphatic carbocycles. The van der Waals surface area contributed by atoms with E-state index in [1.165, 1.54) is 44.9 Å². The van der Waals surface area contributed by atoms with Gasteiger partial charge in [-0.15, -0.1) is 0 Å². The molecule has 1 saturated heterocycles. The topological polar surface area (TPSA) is 93.3 Å². The predicted molar refractivity (Wildman–Crippen MR) is 158 cm³/mol. The third-order valence-corrected chi connectivity index (χ3v) is 10.2. The van der Waals surface area contributed by atoms with E-state index >= 15 is 0 Å². The Kier molecular flexibility index (Phi) is 8.12. The Morgan fingerprint density at radius 3 is 2.62 bits per heavy atom. The van der Waals surface area contributed by atoms with Crippen molar-refractivity contribution in [3.8, 4) is 6.07 Å². The number of benzene rings is 1. The number of halogens is 1. The van der Waals surface area contributed by atoms with E-state index in [4.69, 9.17) is 23.2 Å². The molecule has 9 heteroatoms. The van der Waals surface area contributed by atoms with Gasteiger partial charge < -0.3 is 20.8 Å². The molecular weight excluding hydrogens is 520 g/mol. The van der Waals surface area contributed by atoms with Crippen molar-refractivity contribution in [2.45, 2.75) is 63.6 Å². The highest BCUT2D eigenvalue weighted by Gasteiger charge is 2.55. The summed E-state index contributed by atoms with van der Waals surface area (Å²) in [6, 6.07) is 11.2. The highest BCUT2D eigenvalue weighted by atomic mass is 35.5. The number of piperidine rings is 1. The van der Waals surface area contributed by atoms with Crippen LogP contribution in [0.4, 0.5) is 11.8 Å². The summed E-state index contributed by atoms with van der Waals surface area (Å²) in [7, 11) is 0. The largest absolute Gasteiger partial charge is 0.368 e. The highest BCUT2D eigenvalue weighted by molar-refractivity contribution is 6.31. The fourth-order valence-electron chi connectivity index (χ4n) is 8.24. The van der Waals surface area contributed by atoms with E-state index in [0.29, 0.717) is 47.5 Å². The van der Waals surface area contributed by atoms with Crippen LogP contribution in [0, 0.1) is 41.1 Å². The third-order valence-electron chi connectivity index (χ3n) is 9.88. The minimum absolute atomic E-state index is 0.278. The van der Waals surface area contributed by atoms with Crippen molar-refractivity contribution >= 4 is 23.4 Å². The first kappa shape index (κ1) is 27.3. The van der Waals surface area contributed by atoms with Crippen LogP contribution in [0.3, 0.4) is 0 Å². The van der Waals surface area contributed by atoms with Crippen LogP contribution in [0.5, 0.6) is 0 Å². The van der Waals surface area contributed by atoms with Crippen LogP contribution in [0.1, 0.15) is 56.1 Å². The fourth-order valence-corrected chi connectivity index (χ4v) is 8.44. The lowest BCUT2D eigenvalue weighted by Crippen LogP contribution is -2.61. The van der Waals surface area contributed by atoms with Crippen LogP contribution in [-0.4, -0.2) is 59.7 Å². The van der Waals surface area contributed by atoms with Crippen molar-refractivity contribution in [3.63, 3.8) is 0 Å². The SMILES string of the molecule is [C-]#[N+]CCN1CCC(N[C@@H]2[C@@H]3CC4C[C@H]2C[C@@](CNc2nc(NCc5ccccc5Cl)ncc2C#N)(C4)C3)CC1. The molecule has 1 aromatic carbocycles. The summed E-state index contributed by atoms with van der Waals surface area (Å²) in [5, 5.41) is 21.4. The lowest BCUT2D eigenvalue weighted by molar-refractivity contribution is -0.0734. The van der Waals surface area contributed by atoms with Crippen LogP contribution < -0.4 is 16.0 Å². The molecule has 5 aliphatic rings. The zero-order chi connectivity index (χ0) is 27.5. The summed E-state index contributed by atoms with van der Waals surface area (Å²) < 4.78 is 0. The minimum Gasteiger partial charge on any atom is -0.368 e. The van der Waals surface area contributed by atoms with E-state index in [0.717, 1.165) is 49.5 Å². The van der Waals surface area contributed by atoms with Crippen molar-refractivity contribution in [3.05, 3.63) is 58.0 Å². The number of hydrogen-bond donors (Lipinski definition) is 3. The Morgan fingerprint density at radius 2 is 1.90 bits per heavy atom. The van der Waals surface area contributed by atoms with Crippen molar-refractivity contribution in [2.24, 2.45) is 23.2 Å². The summed E-state index contributed by atoms with van der Waals surface area (Å²) in [5.74, 6) is 3.41. The monoisotopic (exact) mass is 558 g/mol. The molecule has 7 rings (SSSR count). The Morgan fingerprint density at radius 1 is 1.12 bits per heavy atom. The first-order chi connectivity index (χ1) is 19.5. The van der Waals surface area contributed by atoms with Crippen LogP contribution >= 0.6 is 11.6 Å². The van der Waals surface area contributed by atoms with Crippen LogP contribution in [0.2, 0.25) is 5.02 Å². The summed E-state index contributed by atoms with van der Waals surface area (Å²) in [4.78, 5) is 15.0. The molecule has 5 fully saturated rings. The minimum atomic E-state index is 0.278. The van der Waals surface area contributed by atoms with Gasteiger partial charge in [-0.25, -0.2) is 11.6 Å². The van der Waals surface area contributed by atoms with Gasteiger partial charge in [0.1, 0.15) is 17.5 Å². The summed E-state index contributed by atoms with van der Waals surface area (Å²) in [6.07, 6.45) is 10.5. The fraction of sp³-hybridized carbons (Fsp3) is 0.613. The lowest BCUT2D eigenvalue weighted by Gasteiger charge is -2.61. The Balaban J connectivity index is 1.07. The maximum atomic E-state index is 9.73. The van der Waals surface area contributed by atoms with Crippen molar-refractivity contribution in [1.29, 1.82) is 5.26 Å². The molecule has 8 nitrogen and oxygen atoms in total. The maximum absolute atomic E-state index is 9.73. The first-order valence-electron chi connectivity index (χ1n) is 14.8. The second-order valence-corrected chi connectivity index (χ2v) is 12.9. The molecule has 3 N–H and O–H groups in total. The zero-order valence-corrected chi connectivity index (χ0v) is 23.8. The quantitative estimate of drug-likeness (QED) is 0.345. The Hall–Kier alpha value is -2.91. The molecule has 0 amide bonds. The van der Waals surface area contributed by atoms with Crippen LogP contribution in [-0.2, 0) is 6.54 Å². The van der Waals surface area contributed by atoms with Gasteiger partial charge in [-0.3, -0.25) is 4.90 Å². The van der Waals surface area contributed by atoms with Crippen LogP contribution in [0.15, 0.2) is 30.5 Å². The smallest absolute Gasteiger partial charge is 0.227 e. The summed E-state index contributed by atoms with van der Waals surface area (Å²) in [5.41, 5.74) is 1.74. The van der Waals surface area contributed by atoms with Crippen LogP contribution in [0.25, 0.3) is 4.85 Å². The van der Waals surface area contributed by atoms with Crippen molar-refractivity contribution in [1.82, 2.24) is 20.2 Å². The van der Waals surface area contributed by atoms with Gasteiger partial charge in [-0.05, 0) is 92.8 Å². The molecule has 40 heavy (non-hydrogen) atoms. The average molecular weight is 559 g/mol. The van der Waals surface area contributed by atoms with E-state index in [1.807, 2.05) is 24.3 Å². The van der Waals surface area contributed by atoms with Gasteiger partial charge in [0.2, 0.25) is 12.5 Å². The van der Waals surface area contributed by atoms with Gasteiger partial charge in [-0.1, -0.05) is 29.8 Å². The van der Waals surface area contributed by atoms with E-state index in [1.54, 1.807) is 6.20 Å². The van der Waals surface area contributed by atoms with E-state index < -0.39 is 0 Å². The van der Waals surface area contributed by atoms with E-state index in [2.05, 4.69) is 36.7 Å². The number of anilines is 2. The highest BCUT2D eigenvalue weighted by Crippen LogP contribution is 2.60. The number of nitrogens with one attached hydrogen (secondary N) is 3. The molecule has 1 aromatic heterocycles. The maximum Gasteiger partial charge on any atom is 0.227 e. The molecule has 4 saturated carbocycles. The Labute approximate surface area is 242 Å². The molecule has 0 spiro atoms. The lowest BCUT2D eigenvalue weighted by atomic mass is 9.48. The zero-order valence-electron chi connectivity index (χ0n) is 23.1. The van der Waals surface area contributed by atoms with Crippen molar-refractivity contribution in [2.75, 3.05) is 43.4 Å². The molecule has 1 unspecified atom stereocenters. The standard InChI is InChI=1S/C31H39ClN8/c1-34-8-11-40-9-6-26(7-10-40)38-28-23-12-21-13-24(28)16-31(14-21,15-23)20-37-29-25(17-33)19-36-30(39-29)35-18-22-4-2-3-5-27(22)32/h2-5,19,21,23-24,26,28,38H,6-16,18,20H2,(H2,35,36,37,39)/t21?,23-,24+,28-,31-. The number of hydrogen-bond acceptors (Lipinski definition) is 7. The molecule has 0 radical (unpaired) electrons. The number of nitrogens with zero attached hydrogens (tertiary/aromatic N) is 5. The van der Waals surface area contributed by atoms with Gasteiger partial charge in [0.25, 0.3) is 0 Å². The Bertz CT molecular complexity index is 1260. The third kappa shape index (κ3) is 5.91. The van der Waals surface area contributed by atoms with Crippen molar-refractivity contribution < 1.29 is 0 Å². The molecule has 1 aliphatic heterocycles. The number of nitriles is 1. The molecule has 2 aromatic rings. The van der Waals surface area contributed by atoms with Gasteiger partial charge in [0, 0.05) is 30.2 Å². The summed E-state index contributed by atoms with van der Waals surface area (Å²) >= 11 is 6.30. The molecular formula is C31H39ClN8. The second-order valence-electron chi connectivity index (χ2n) is 12.5. The second kappa shape index (κ2) is 11.9. The number of likely N-dealkylation sites (tertiary alicyclic amines) is 1. The first-order valence-corrected chi connectivity index (χ1v) is 15.2. The molecule has 210 valence electrons. The van der Waals surface area contributed by atoms with E-state index in [-0.39, 0.29) is 5.41 Å². The average Bonchev–Trinajstić information content (AvgIpc) is 2.97. The van der Waals surface area contributed by atoms with Gasteiger partial charge >= 0.3 is 0 Å². The van der Waals surface area contributed by atoms with Gasteiger partial charge in [0.05, 0.1) is 12.7 Å². The molecule has 4 bridgehead atoms. The number of rotatable bonds is 10. The summed E-state index contributed by atoms with van der Waals surface area (Å²) in [6.45, 7) is 12.2. The molecule has 5 atom stereocenters. The normalized spacial score (nSPS) is 29.6. The van der Waals surface area contributed by atoms with E-state index in [9.17, 15) is 5.26 Å². The van der Waals surface area contributed by atoms with Gasteiger partial charge in [-0.2, -0.15) is 10.2 Å². The number of aromatic nitrogens is 2. The van der Waals surface area contributed by atoms with Gasteiger partial charge in [0.15, 0.2) is 0 Å². The molecule has 2 heterocycles.